The molecule has 0 radical (unpaired) electrons. The van der Waals surface area contributed by atoms with Crippen LogP contribution in [0.1, 0.15) is 19.3 Å². The van der Waals surface area contributed by atoms with E-state index in [0.717, 1.165) is 25.2 Å². The average Bonchev–Trinajstić information content (AvgIpc) is 2.87. The van der Waals surface area contributed by atoms with Crippen LogP contribution in [0.3, 0.4) is 0 Å². The summed E-state index contributed by atoms with van der Waals surface area (Å²) in [4.78, 5) is 6.67. The van der Waals surface area contributed by atoms with Crippen molar-refractivity contribution in [2.24, 2.45) is 0 Å². The summed E-state index contributed by atoms with van der Waals surface area (Å²) in [6, 6.07) is 1.54. The van der Waals surface area contributed by atoms with Gasteiger partial charge in [0.2, 0.25) is 0 Å². The van der Waals surface area contributed by atoms with Crippen LogP contribution in [0, 0.1) is 0 Å². The predicted molar refractivity (Wildman–Crippen MR) is 63.2 cm³/mol. The first-order chi connectivity index (χ1) is 7.90. The fourth-order valence-electron chi connectivity index (χ4n) is 2.89. The summed E-state index contributed by atoms with van der Waals surface area (Å²) in [6.45, 7) is 4.70. The van der Waals surface area contributed by atoms with Gasteiger partial charge in [-0.2, -0.15) is 0 Å². The van der Waals surface area contributed by atoms with Gasteiger partial charge in [-0.1, -0.05) is 0 Å². The molecule has 2 fully saturated rings. The lowest BCUT2D eigenvalue weighted by Gasteiger charge is -2.23. The van der Waals surface area contributed by atoms with Crippen LogP contribution in [0.2, 0.25) is 0 Å². The summed E-state index contributed by atoms with van der Waals surface area (Å²) >= 11 is 0. The second-order valence-electron chi connectivity index (χ2n) is 5.03. The van der Waals surface area contributed by atoms with Gasteiger partial charge >= 0.3 is 0 Å². The Hall–Kier alpha value is -0.870. The lowest BCUT2D eigenvalue weighted by molar-refractivity contribution is 0.249. The van der Waals surface area contributed by atoms with Gasteiger partial charge in [0.25, 0.3) is 0 Å². The van der Waals surface area contributed by atoms with Crippen molar-refractivity contribution in [1.29, 1.82) is 0 Å². The maximum atomic E-state index is 4.07. The van der Waals surface area contributed by atoms with Crippen molar-refractivity contribution in [3.8, 4) is 0 Å². The molecule has 2 saturated heterocycles. The molecule has 2 unspecified atom stereocenters. The Morgan fingerprint density at radius 3 is 3.00 bits per heavy atom. The van der Waals surface area contributed by atoms with Crippen molar-refractivity contribution in [2.45, 2.75) is 37.9 Å². The van der Waals surface area contributed by atoms with Gasteiger partial charge in [-0.25, -0.2) is 4.98 Å². The van der Waals surface area contributed by atoms with Crippen LogP contribution < -0.4 is 5.32 Å². The number of likely N-dealkylation sites (tertiary alicyclic amines) is 1. The summed E-state index contributed by atoms with van der Waals surface area (Å²) in [5, 5.41) is 3.72. The van der Waals surface area contributed by atoms with E-state index in [0.29, 0.717) is 0 Å². The first kappa shape index (κ1) is 10.3. The minimum atomic E-state index is 0.746. The molecule has 1 aromatic rings. The van der Waals surface area contributed by atoms with Gasteiger partial charge in [0, 0.05) is 44.1 Å². The van der Waals surface area contributed by atoms with E-state index in [1.54, 1.807) is 0 Å². The van der Waals surface area contributed by atoms with Crippen LogP contribution in [0.15, 0.2) is 18.7 Å². The van der Waals surface area contributed by atoms with Crippen molar-refractivity contribution in [2.75, 3.05) is 19.6 Å². The molecule has 0 spiro atoms. The normalized spacial score (nSPS) is 30.5. The van der Waals surface area contributed by atoms with E-state index in [4.69, 9.17) is 0 Å². The zero-order valence-electron chi connectivity index (χ0n) is 9.68. The number of fused-ring (bicyclic) bond motifs is 2. The first-order valence-corrected chi connectivity index (χ1v) is 6.34. The highest BCUT2D eigenvalue weighted by Gasteiger charge is 2.28. The van der Waals surface area contributed by atoms with Gasteiger partial charge in [-0.3, -0.25) is 4.90 Å². The average molecular weight is 220 g/mol. The molecule has 2 bridgehead atoms. The Bertz CT molecular complexity index is 322. The second kappa shape index (κ2) is 4.55. The minimum Gasteiger partial charge on any atom is -0.336 e. The molecule has 3 rings (SSSR count). The summed E-state index contributed by atoms with van der Waals surface area (Å²) in [6.07, 6.45) is 9.88. The van der Waals surface area contributed by atoms with Crippen LogP contribution in [0.5, 0.6) is 0 Å². The van der Waals surface area contributed by atoms with Crippen LogP contribution in [0.25, 0.3) is 0 Å². The highest BCUT2D eigenvalue weighted by Crippen LogP contribution is 2.20. The van der Waals surface area contributed by atoms with E-state index in [-0.39, 0.29) is 0 Å². The van der Waals surface area contributed by atoms with E-state index >= 15 is 0 Å². The summed E-state index contributed by atoms with van der Waals surface area (Å²) in [7, 11) is 0. The van der Waals surface area contributed by atoms with E-state index in [2.05, 4.69) is 19.8 Å². The van der Waals surface area contributed by atoms with Crippen LogP contribution in [-0.4, -0.2) is 46.2 Å². The number of rotatable bonds is 3. The zero-order chi connectivity index (χ0) is 10.8. The highest BCUT2D eigenvalue weighted by molar-refractivity contribution is 4.89. The molecule has 4 nitrogen and oxygen atoms in total. The number of nitrogens with one attached hydrogen (secondary N) is 1. The molecule has 2 aliphatic rings. The monoisotopic (exact) mass is 220 g/mol. The molecule has 0 aliphatic carbocycles. The molecule has 2 aliphatic heterocycles. The fraction of sp³-hybridized carbons (Fsp3) is 0.750. The van der Waals surface area contributed by atoms with Gasteiger partial charge in [0.15, 0.2) is 0 Å². The molecule has 0 amide bonds. The molecule has 16 heavy (non-hydrogen) atoms. The Kier molecular flexibility index (Phi) is 2.93. The third-order valence-corrected chi connectivity index (χ3v) is 3.84. The van der Waals surface area contributed by atoms with Crippen LogP contribution >= 0.6 is 0 Å². The predicted octanol–water partition coefficient (Wildman–Crippen LogP) is 0.709. The largest absolute Gasteiger partial charge is 0.336 e. The quantitative estimate of drug-likeness (QED) is 0.814. The Labute approximate surface area is 96.7 Å². The van der Waals surface area contributed by atoms with E-state index < -0.39 is 0 Å². The van der Waals surface area contributed by atoms with Gasteiger partial charge in [0.05, 0.1) is 6.33 Å². The summed E-state index contributed by atoms with van der Waals surface area (Å²) < 4.78 is 2.16. The number of imidazole rings is 1. The number of hydrogen-bond acceptors (Lipinski definition) is 3. The van der Waals surface area contributed by atoms with Crippen molar-refractivity contribution >= 4 is 0 Å². The Balaban J connectivity index is 1.51. The molecule has 0 aromatic carbocycles. The standard InChI is InChI=1S/C12H20N4/c1-2-12-9-15(5-3-11(1)14-12)7-8-16-6-4-13-10-16/h4,6,10-12,14H,1-3,5,7-9H2. The topological polar surface area (TPSA) is 33.1 Å². The molecule has 1 N–H and O–H groups in total. The smallest absolute Gasteiger partial charge is 0.0946 e. The van der Waals surface area contributed by atoms with Gasteiger partial charge < -0.3 is 9.88 Å². The van der Waals surface area contributed by atoms with E-state index in [9.17, 15) is 0 Å². The van der Waals surface area contributed by atoms with Crippen molar-refractivity contribution in [1.82, 2.24) is 19.8 Å². The molecule has 0 saturated carbocycles. The Morgan fingerprint density at radius 1 is 1.19 bits per heavy atom. The van der Waals surface area contributed by atoms with Gasteiger partial charge in [-0.15, -0.1) is 0 Å². The van der Waals surface area contributed by atoms with E-state index in [1.807, 2.05) is 18.7 Å². The second-order valence-corrected chi connectivity index (χ2v) is 5.03. The number of aromatic nitrogens is 2. The molecular weight excluding hydrogens is 200 g/mol. The lowest BCUT2D eigenvalue weighted by atomic mass is 10.1. The maximum absolute atomic E-state index is 4.07. The maximum Gasteiger partial charge on any atom is 0.0946 e. The number of hydrogen-bond donors (Lipinski definition) is 1. The van der Waals surface area contributed by atoms with Crippen LogP contribution in [-0.2, 0) is 6.54 Å². The Morgan fingerprint density at radius 2 is 2.12 bits per heavy atom. The first-order valence-electron chi connectivity index (χ1n) is 6.34. The molecule has 4 heteroatoms. The van der Waals surface area contributed by atoms with E-state index in [1.165, 1.54) is 32.4 Å². The van der Waals surface area contributed by atoms with Crippen molar-refractivity contribution in [3.63, 3.8) is 0 Å². The minimum absolute atomic E-state index is 0.746. The molecular formula is C12H20N4. The third kappa shape index (κ3) is 2.28. The molecule has 2 atom stereocenters. The zero-order valence-corrected chi connectivity index (χ0v) is 9.68. The molecule has 88 valence electrons. The third-order valence-electron chi connectivity index (χ3n) is 3.84. The number of nitrogens with zero attached hydrogens (tertiary/aromatic N) is 3. The summed E-state index contributed by atoms with van der Waals surface area (Å²) in [5.74, 6) is 0. The SMILES string of the molecule is c1cn(CCN2CCC3CCC(C2)N3)cn1. The molecule has 3 heterocycles. The van der Waals surface area contributed by atoms with Gasteiger partial charge in [-0.05, 0) is 25.8 Å². The summed E-state index contributed by atoms with van der Waals surface area (Å²) in [5.41, 5.74) is 0. The lowest BCUT2D eigenvalue weighted by Crippen LogP contribution is -2.36. The van der Waals surface area contributed by atoms with Crippen molar-refractivity contribution < 1.29 is 0 Å². The highest BCUT2D eigenvalue weighted by atomic mass is 15.2. The van der Waals surface area contributed by atoms with Crippen molar-refractivity contribution in [3.05, 3.63) is 18.7 Å². The fourth-order valence-corrected chi connectivity index (χ4v) is 2.89. The van der Waals surface area contributed by atoms with Crippen LogP contribution in [0.4, 0.5) is 0 Å². The van der Waals surface area contributed by atoms with Gasteiger partial charge in [0.1, 0.15) is 0 Å². The molecule has 1 aromatic heterocycles.